The number of rotatable bonds is 7. The van der Waals surface area contributed by atoms with E-state index in [2.05, 4.69) is 27.4 Å². The van der Waals surface area contributed by atoms with Crippen LogP contribution in [0.15, 0.2) is 18.2 Å². The van der Waals surface area contributed by atoms with Gasteiger partial charge < -0.3 is 25.5 Å². The summed E-state index contributed by atoms with van der Waals surface area (Å²) >= 11 is 6.42. The lowest BCUT2D eigenvalue weighted by Crippen LogP contribution is -2.46. The van der Waals surface area contributed by atoms with E-state index in [4.69, 9.17) is 11.6 Å². The SMILES string of the molecule is CCC(C)C(NC(=O)Nc1ccc(N2CCN(CC)CC2)c(Cl)c1)C(=O)O. The van der Waals surface area contributed by atoms with Crippen LogP contribution in [0, 0.1) is 5.92 Å². The lowest BCUT2D eigenvalue weighted by molar-refractivity contribution is -0.140. The molecule has 1 fully saturated rings. The molecule has 1 aliphatic rings. The number of anilines is 2. The van der Waals surface area contributed by atoms with Gasteiger partial charge in [0.1, 0.15) is 6.04 Å². The van der Waals surface area contributed by atoms with Crippen LogP contribution in [0.25, 0.3) is 0 Å². The predicted molar refractivity (Wildman–Crippen MR) is 109 cm³/mol. The quantitative estimate of drug-likeness (QED) is 0.659. The van der Waals surface area contributed by atoms with Gasteiger partial charge in [-0.25, -0.2) is 9.59 Å². The maximum atomic E-state index is 12.2. The van der Waals surface area contributed by atoms with Gasteiger partial charge in [-0.05, 0) is 30.7 Å². The Labute approximate surface area is 165 Å². The second-order valence-corrected chi connectivity index (χ2v) is 7.29. The summed E-state index contributed by atoms with van der Waals surface area (Å²) in [5, 5.41) is 15.0. The van der Waals surface area contributed by atoms with E-state index in [9.17, 15) is 14.7 Å². The van der Waals surface area contributed by atoms with Crippen LogP contribution in [0.5, 0.6) is 0 Å². The number of nitrogens with zero attached hydrogens (tertiary/aromatic N) is 2. The van der Waals surface area contributed by atoms with E-state index in [0.717, 1.165) is 38.4 Å². The fourth-order valence-electron chi connectivity index (χ4n) is 3.14. The van der Waals surface area contributed by atoms with Crippen molar-refractivity contribution in [2.24, 2.45) is 5.92 Å². The highest BCUT2D eigenvalue weighted by Gasteiger charge is 2.25. The molecule has 0 aliphatic carbocycles. The molecule has 2 unspecified atom stereocenters. The Bertz CT molecular complexity index is 662. The van der Waals surface area contributed by atoms with Crippen LogP contribution in [0.2, 0.25) is 5.02 Å². The molecule has 3 N–H and O–H groups in total. The average Bonchev–Trinajstić information content (AvgIpc) is 2.65. The number of carboxylic acids is 1. The third kappa shape index (κ3) is 5.74. The van der Waals surface area contributed by atoms with Gasteiger partial charge in [-0.3, -0.25) is 0 Å². The largest absolute Gasteiger partial charge is 0.480 e. The van der Waals surface area contributed by atoms with E-state index in [1.54, 1.807) is 19.1 Å². The molecule has 1 saturated heterocycles. The van der Waals surface area contributed by atoms with Crippen LogP contribution in [0.3, 0.4) is 0 Å². The fraction of sp³-hybridized carbons (Fsp3) is 0.579. The molecule has 2 atom stereocenters. The Morgan fingerprint density at radius 3 is 2.41 bits per heavy atom. The first-order valence-corrected chi connectivity index (χ1v) is 9.80. The number of aliphatic carboxylic acids is 1. The first kappa shape index (κ1) is 21.3. The summed E-state index contributed by atoms with van der Waals surface area (Å²) in [6.45, 7) is 10.7. The number of hydrogen-bond donors (Lipinski definition) is 3. The molecule has 1 aromatic carbocycles. The monoisotopic (exact) mass is 396 g/mol. The van der Waals surface area contributed by atoms with Crippen LogP contribution in [-0.2, 0) is 4.79 Å². The van der Waals surface area contributed by atoms with E-state index >= 15 is 0 Å². The van der Waals surface area contributed by atoms with Gasteiger partial charge in [-0.1, -0.05) is 38.8 Å². The predicted octanol–water partition coefficient (Wildman–Crippen LogP) is 3.10. The Morgan fingerprint density at radius 1 is 1.22 bits per heavy atom. The standard InChI is InChI=1S/C19H29ClN4O3/c1-4-13(3)17(18(25)26)22-19(27)21-14-6-7-16(15(20)12-14)24-10-8-23(5-2)9-11-24/h6-7,12-13,17H,4-5,8-11H2,1-3H3,(H,25,26)(H2,21,22,27). The van der Waals surface area contributed by atoms with Crippen LogP contribution in [-0.4, -0.2) is 60.8 Å². The molecule has 1 aliphatic heterocycles. The van der Waals surface area contributed by atoms with E-state index in [1.165, 1.54) is 0 Å². The van der Waals surface area contributed by atoms with Crippen LogP contribution in [0.1, 0.15) is 27.2 Å². The third-order valence-electron chi connectivity index (χ3n) is 5.13. The molecule has 2 rings (SSSR count). The Balaban J connectivity index is 1.99. The van der Waals surface area contributed by atoms with Crippen molar-refractivity contribution < 1.29 is 14.7 Å². The number of benzene rings is 1. The Hall–Kier alpha value is -1.99. The number of urea groups is 1. The zero-order valence-electron chi connectivity index (χ0n) is 16.2. The number of amides is 2. The molecule has 8 heteroatoms. The molecule has 27 heavy (non-hydrogen) atoms. The number of carboxylic acid groups (broad SMARTS) is 1. The minimum atomic E-state index is -1.04. The number of likely N-dealkylation sites (N-methyl/N-ethyl adjacent to an activating group) is 1. The van der Waals surface area contributed by atoms with Crippen molar-refractivity contribution in [3.63, 3.8) is 0 Å². The third-order valence-corrected chi connectivity index (χ3v) is 5.43. The summed E-state index contributed by atoms with van der Waals surface area (Å²) < 4.78 is 0. The summed E-state index contributed by atoms with van der Waals surface area (Å²) in [6.07, 6.45) is 0.656. The first-order chi connectivity index (χ1) is 12.8. The maximum absolute atomic E-state index is 12.2. The number of carbonyl (C=O) groups excluding carboxylic acids is 1. The highest BCUT2D eigenvalue weighted by Crippen LogP contribution is 2.29. The number of halogens is 1. The lowest BCUT2D eigenvalue weighted by Gasteiger charge is -2.36. The van der Waals surface area contributed by atoms with Crippen molar-refractivity contribution in [3.05, 3.63) is 23.2 Å². The van der Waals surface area contributed by atoms with Crippen LogP contribution < -0.4 is 15.5 Å². The van der Waals surface area contributed by atoms with Gasteiger partial charge in [0.15, 0.2) is 0 Å². The fourth-order valence-corrected chi connectivity index (χ4v) is 3.44. The van der Waals surface area contributed by atoms with Crippen molar-refractivity contribution in [2.75, 3.05) is 42.9 Å². The van der Waals surface area contributed by atoms with Crippen LogP contribution >= 0.6 is 11.6 Å². The van der Waals surface area contributed by atoms with Gasteiger partial charge in [-0.15, -0.1) is 0 Å². The summed E-state index contributed by atoms with van der Waals surface area (Å²) in [5.41, 5.74) is 1.48. The molecule has 0 radical (unpaired) electrons. The second-order valence-electron chi connectivity index (χ2n) is 6.89. The maximum Gasteiger partial charge on any atom is 0.326 e. The van der Waals surface area contributed by atoms with Crippen molar-refractivity contribution in [1.29, 1.82) is 0 Å². The minimum absolute atomic E-state index is 0.166. The van der Waals surface area contributed by atoms with Gasteiger partial charge in [0.2, 0.25) is 0 Å². The Kier molecular flexibility index (Phi) is 7.74. The first-order valence-electron chi connectivity index (χ1n) is 9.42. The molecule has 0 aromatic heterocycles. The van der Waals surface area contributed by atoms with Crippen LogP contribution in [0.4, 0.5) is 16.2 Å². The van der Waals surface area contributed by atoms with Gasteiger partial charge in [-0.2, -0.15) is 0 Å². The summed E-state index contributed by atoms with van der Waals surface area (Å²) in [5.74, 6) is -1.21. The van der Waals surface area contributed by atoms with Crippen molar-refractivity contribution in [3.8, 4) is 0 Å². The van der Waals surface area contributed by atoms with E-state index in [1.807, 2.05) is 13.0 Å². The van der Waals surface area contributed by atoms with Gasteiger partial charge in [0.25, 0.3) is 0 Å². The van der Waals surface area contributed by atoms with Gasteiger partial charge in [0.05, 0.1) is 10.7 Å². The van der Waals surface area contributed by atoms with E-state index in [0.29, 0.717) is 17.1 Å². The molecule has 2 amide bonds. The van der Waals surface area contributed by atoms with Crippen molar-refractivity contribution in [1.82, 2.24) is 10.2 Å². The topological polar surface area (TPSA) is 84.9 Å². The number of hydrogen-bond acceptors (Lipinski definition) is 4. The summed E-state index contributed by atoms with van der Waals surface area (Å²) in [4.78, 5) is 28.1. The van der Waals surface area contributed by atoms with Crippen molar-refractivity contribution in [2.45, 2.75) is 33.2 Å². The molecule has 0 spiro atoms. The molecule has 0 saturated carbocycles. The molecule has 1 aromatic rings. The van der Waals surface area contributed by atoms with Gasteiger partial charge >= 0.3 is 12.0 Å². The smallest absolute Gasteiger partial charge is 0.326 e. The number of carbonyl (C=O) groups is 2. The van der Waals surface area contributed by atoms with Gasteiger partial charge in [0, 0.05) is 31.9 Å². The number of piperazine rings is 1. The zero-order chi connectivity index (χ0) is 20.0. The normalized spacial score (nSPS) is 17.3. The highest BCUT2D eigenvalue weighted by atomic mass is 35.5. The molecule has 7 nitrogen and oxygen atoms in total. The molecule has 150 valence electrons. The van der Waals surface area contributed by atoms with E-state index < -0.39 is 18.0 Å². The zero-order valence-corrected chi connectivity index (χ0v) is 16.9. The molecule has 0 bridgehead atoms. The van der Waals surface area contributed by atoms with Crippen molar-refractivity contribution >= 4 is 35.0 Å². The molecular formula is C19H29ClN4O3. The average molecular weight is 397 g/mol. The summed E-state index contributed by atoms with van der Waals surface area (Å²) in [6, 6.07) is 3.89. The molecule has 1 heterocycles. The Morgan fingerprint density at radius 2 is 1.89 bits per heavy atom. The summed E-state index contributed by atoms with van der Waals surface area (Å²) in [7, 11) is 0. The minimum Gasteiger partial charge on any atom is -0.480 e. The molecular weight excluding hydrogens is 368 g/mol. The second kappa shape index (κ2) is 9.80. The lowest BCUT2D eigenvalue weighted by atomic mass is 9.99. The highest BCUT2D eigenvalue weighted by molar-refractivity contribution is 6.33. The number of nitrogens with one attached hydrogen (secondary N) is 2. The van der Waals surface area contributed by atoms with E-state index in [-0.39, 0.29) is 5.92 Å².